The fourth-order valence-corrected chi connectivity index (χ4v) is 2.54. The maximum atomic E-state index is 5.96. The van der Waals surface area contributed by atoms with Crippen LogP contribution in [0.4, 0.5) is 5.82 Å². The first-order chi connectivity index (χ1) is 8.60. The molecule has 0 aliphatic carbocycles. The smallest absolute Gasteiger partial charge is 0.140 e. The third kappa shape index (κ3) is 3.11. The normalized spacial score (nSPS) is 10.6. The van der Waals surface area contributed by atoms with Crippen molar-refractivity contribution in [2.45, 2.75) is 19.8 Å². The summed E-state index contributed by atoms with van der Waals surface area (Å²) in [5.74, 6) is 1.30. The van der Waals surface area contributed by atoms with E-state index < -0.39 is 0 Å². The van der Waals surface area contributed by atoms with Crippen molar-refractivity contribution in [3.8, 4) is 0 Å². The highest BCUT2D eigenvalue weighted by Gasteiger charge is 2.09. The molecule has 5 heteroatoms. The molecule has 1 heterocycles. The summed E-state index contributed by atoms with van der Waals surface area (Å²) < 4.78 is 0.949. The summed E-state index contributed by atoms with van der Waals surface area (Å²) in [5, 5.41) is 0.724. The molecule has 0 radical (unpaired) electrons. The van der Waals surface area contributed by atoms with Gasteiger partial charge >= 0.3 is 0 Å². The molecule has 18 heavy (non-hydrogen) atoms. The lowest BCUT2D eigenvalue weighted by atomic mass is 10.1. The van der Waals surface area contributed by atoms with Crippen molar-refractivity contribution < 1.29 is 0 Å². The van der Waals surface area contributed by atoms with Crippen molar-refractivity contribution in [2.24, 2.45) is 0 Å². The Labute approximate surface area is 125 Å². The second kappa shape index (κ2) is 5.84. The first-order valence-corrected chi connectivity index (χ1v) is 7.11. The van der Waals surface area contributed by atoms with Gasteiger partial charge in [0.05, 0.1) is 9.26 Å². The number of nitrogens with zero attached hydrogens (tertiary/aromatic N) is 2. The van der Waals surface area contributed by atoms with E-state index in [4.69, 9.17) is 17.3 Å². The summed E-state index contributed by atoms with van der Waals surface area (Å²) in [5.41, 5.74) is 7.98. The minimum absolute atomic E-state index is 0.555. The standard InChI is InChI=1S/C13H13ClIN3/c1-2-10-12(15)13(16)18-11(17-10)7-8-4-3-5-9(14)6-8/h3-6H,2,7H2,1H3,(H2,16,17,18). The van der Waals surface area contributed by atoms with E-state index in [1.165, 1.54) is 0 Å². The average molecular weight is 374 g/mol. The zero-order chi connectivity index (χ0) is 13.1. The van der Waals surface area contributed by atoms with Crippen molar-refractivity contribution in [1.29, 1.82) is 0 Å². The van der Waals surface area contributed by atoms with Crippen molar-refractivity contribution in [3.63, 3.8) is 0 Å². The van der Waals surface area contributed by atoms with Crippen molar-refractivity contribution >= 4 is 40.0 Å². The van der Waals surface area contributed by atoms with Crippen LogP contribution >= 0.6 is 34.2 Å². The SMILES string of the molecule is CCc1nc(Cc2cccc(Cl)c2)nc(N)c1I. The zero-order valence-corrected chi connectivity index (χ0v) is 12.9. The lowest BCUT2D eigenvalue weighted by Crippen LogP contribution is -2.07. The summed E-state index contributed by atoms with van der Waals surface area (Å²) in [6.45, 7) is 2.06. The molecule has 3 nitrogen and oxygen atoms in total. The number of rotatable bonds is 3. The number of benzene rings is 1. The molecule has 0 atom stereocenters. The maximum absolute atomic E-state index is 5.96. The van der Waals surface area contributed by atoms with Gasteiger partial charge in [-0.3, -0.25) is 0 Å². The second-order valence-corrected chi connectivity index (χ2v) is 5.46. The van der Waals surface area contributed by atoms with Crippen LogP contribution in [0.3, 0.4) is 0 Å². The molecule has 0 unspecified atom stereocenters. The molecule has 2 aromatic rings. The fraction of sp³-hybridized carbons (Fsp3) is 0.231. The van der Waals surface area contributed by atoms with Crippen LogP contribution in [-0.2, 0) is 12.8 Å². The third-order valence-corrected chi connectivity index (χ3v) is 3.99. The highest BCUT2D eigenvalue weighted by Crippen LogP contribution is 2.19. The highest BCUT2D eigenvalue weighted by molar-refractivity contribution is 14.1. The molecule has 94 valence electrons. The molecule has 0 saturated heterocycles. The van der Waals surface area contributed by atoms with Crippen LogP contribution in [0.2, 0.25) is 5.02 Å². The minimum atomic E-state index is 0.555. The molecular weight excluding hydrogens is 361 g/mol. The van der Waals surface area contributed by atoms with E-state index in [0.717, 1.165) is 32.1 Å². The molecule has 1 aromatic heterocycles. The van der Waals surface area contributed by atoms with Crippen molar-refractivity contribution in [3.05, 3.63) is 49.9 Å². The number of nitrogen functional groups attached to an aromatic ring is 1. The van der Waals surface area contributed by atoms with Gasteiger partial charge < -0.3 is 5.73 Å². The first kappa shape index (κ1) is 13.5. The number of halogens is 2. The molecule has 0 fully saturated rings. The van der Waals surface area contributed by atoms with Crippen LogP contribution in [0.15, 0.2) is 24.3 Å². The maximum Gasteiger partial charge on any atom is 0.140 e. The van der Waals surface area contributed by atoms with Crippen LogP contribution in [0.5, 0.6) is 0 Å². The zero-order valence-electron chi connectivity index (χ0n) is 9.95. The summed E-state index contributed by atoms with van der Waals surface area (Å²) in [7, 11) is 0. The van der Waals surface area contributed by atoms with Gasteiger partial charge in [0, 0.05) is 11.4 Å². The summed E-state index contributed by atoms with van der Waals surface area (Å²) in [6.07, 6.45) is 1.50. The van der Waals surface area contributed by atoms with Gasteiger partial charge in [0.1, 0.15) is 11.6 Å². The van der Waals surface area contributed by atoms with Gasteiger partial charge in [-0.1, -0.05) is 30.7 Å². The largest absolute Gasteiger partial charge is 0.383 e. The van der Waals surface area contributed by atoms with Crippen LogP contribution in [-0.4, -0.2) is 9.97 Å². The quantitative estimate of drug-likeness (QED) is 0.838. The molecule has 0 bridgehead atoms. The van der Waals surface area contributed by atoms with Gasteiger partial charge in [-0.25, -0.2) is 9.97 Å². The number of hydrogen-bond donors (Lipinski definition) is 1. The Bertz CT molecular complexity index is 572. The number of aromatic nitrogens is 2. The van der Waals surface area contributed by atoms with Gasteiger partial charge in [0.2, 0.25) is 0 Å². The molecule has 0 spiro atoms. The van der Waals surface area contributed by atoms with Crippen LogP contribution in [0, 0.1) is 3.57 Å². The summed E-state index contributed by atoms with van der Waals surface area (Å²) in [6, 6.07) is 7.71. The Balaban J connectivity index is 2.32. The van der Waals surface area contributed by atoms with Crippen LogP contribution < -0.4 is 5.73 Å². The van der Waals surface area contributed by atoms with Gasteiger partial charge in [-0.15, -0.1) is 0 Å². The molecule has 0 aliphatic rings. The van der Waals surface area contributed by atoms with Crippen molar-refractivity contribution in [2.75, 3.05) is 5.73 Å². The summed E-state index contributed by atoms with van der Waals surface area (Å²) >= 11 is 8.15. The first-order valence-electron chi connectivity index (χ1n) is 5.65. The number of aryl methyl sites for hydroxylation is 1. The molecular formula is C13H13ClIN3. The van der Waals surface area contributed by atoms with E-state index in [9.17, 15) is 0 Å². The Morgan fingerprint density at radius 2 is 2.11 bits per heavy atom. The van der Waals surface area contributed by atoms with Crippen molar-refractivity contribution in [1.82, 2.24) is 9.97 Å². The number of anilines is 1. The van der Waals surface area contributed by atoms with E-state index in [-0.39, 0.29) is 0 Å². The Hall–Kier alpha value is -0.880. The average Bonchev–Trinajstić information content (AvgIpc) is 2.33. The lowest BCUT2D eigenvalue weighted by molar-refractivity contribution is 0.901. The van der Waals surface area contributed by atoms with Gasteiger partial charge in [-0.05, 0) is 46.7 Å². The highest BCUT2D eigenvalue weighted by atomic mass is 127. The molecule has 2 rings (SSSR count). The predicted molar refractivity (Wildman–Crippen MR) is 82.8 cm³/mol. The number of nitrogens with two attached hydrogens (primary N) is 1. The van der Waals surface area contributed by atoms with E-state index in [1.54, 1.807) is 0 Å². The molecule has 0 amide bonds. The van der Waals surface area contributed by atoms with Gasteiger partial charge in [-0.2, -0.15) is 0 Å². The van der Waals surface area contributed by atoms with Crippen LogP contribution in [0.1, 0.15) is 24.0 Å². The Morgan fingerprint density at radius 3 is 2.78 bits per heavy atom. The molecule has 0 saturated carbocycles. The Morgan fingerprint density at radius 1 is 1.33 bits per heavy atom. The second-order valence-electron chi connectivity index (χ2n) is 3.95. The fourth-order valence-electron chi connectivity index (χ4n) is 1.71. The van der Waals surface area contributed by atoms with E-state index in [1.807, 2.05) is 24.3 Å². The van der Waals surface area contributed by atoms with Gasteiger partial charge in [0.25, 0.3) is 0 Å². The minimum Gasteiger partial charge on any atom is -0.383 e. The monoisotopic (exact) mass is 373 g/mol. The third-order valence-electron chi connectivity index (χ3n) is 2.58. The van der Waals surface area contributed by atoms with E-state index in [0.29, 0.717) is 12.2 Å². The molecule has 1 aromatic carbocycles. The topological polar surface area (TPSA) is 51.8 Å². The molecule has 0 aliphatic heterocycles. The lowest BCUT2D eigenvalue weighted by Gasteiger charge is -2.07. The van der Waals surface area contributed by atoms with E-state index >= 15 is 0 Å². The summed E-state index contributed by atoms with van der Waals surface area (Å²) in [4.78, 5) is 8.86. The van der Waals surface area contributed by atoms with Gasteiger partial charge in [0.15, 0.2) is 0 Å². The molecule has 2 N–H and O–H groups in total. The number of hydrogen-bond acceptors (Lipinski definition) is 3. The van der Waals surface area contributed by atoms with Crippen LogP contribution in [0.25, 0.3) is 0 Å². The predicted octanol–water partition coefficient (Wildman–Crippen LogP) is 3.47. The van der Waals surface area contributed by atoms with E-state index in [2.05, 4.69) is 39.5 Å². The Kier molecular flexibility index (Phi) is 4.40.